The van der Waals surface area contributed by atoms with E-state index in [1.165, 1.54) is 77.2 Å². The van der Waals surface area contributed by atoms with Crippen LogP contribution in [-0.4, -0.2) is 9.13 Å². The summed E-state index contributed by atoms with van der Waals surface area (Å²) >= 11 is 0. The van der Waals surface area contributed by atoms with E-state index in [1.807, 2.05) is 0 Å². The SMILES string of the molecule is c1ccc(-c2ccc3c4ccccc4n(-c4ccccc4-c4cccc5c4c4ccccc4n5-c4ccccc4)c3c2)cc1. The number of hydrogen-bond acceptors (Lipinski definition) is 0. The lowest BCUT2D eigenvalue weighted by molar-refractivity contribution is 1.18. The molecule has 0 unspecified atom stereocenters. The molecule has 0 saturated heterocycles. The molecule has 0 bridgehead atoms. The molecule has 2 heteroatoms. The highest BCUT2D eigenvalue weighted by Gasteiger charge is 2.20. The first-order valence-electron chi connectivity index (χ1n) is 15.1. The van der Waals surface area contributed by atoms with Gasteiger partial charge in [-0.3, -0.25) is 0 Å². The van der Waals surface area contributed by atoms with Crippen molar-refractivity contribution in [2.24, 2.45) is 0 Å². The van der Waals surface area contributed by atoms with Crippen LogP contribution < -0.4 is 0 Å². The number of hydrogen-bond donors (Lipinski definition) is 0. The van der Waals surface area contributed by atoms with Gasteiger partial charge in [-0.2, -0.15) is 0 Å². The third-order valence-corrected chi connectivity index (χ3v) is 8.93. The number of nitrogens with zero attached hydrogens (tertiary/aromatic N) is 2. The predicted molar refractivity (Wildman–Crippen MR) is 186 cm³/mol. The zero-order chi connectivity index (χ0) is 29.0. The van der Waals surface area contributed by atoms with Crippen molar-refractivity contribution < 1.29 is 0 Å². The maximum atomic E-state index is 2.46. The molecule has 0 atom stereocenters. The average Bonchev–Trinajstić information content (AvgIpc) is 3.62. The van der Waals surface area contributed by atoms with E-state index < -0.39 is 0 Å². The first kappa shape index (κ1) is 24.7. The highest BCUT2D eigenvalue weighted by Crippen LogP contribution is 2.42. The molecule has 0 aliphatic carbocycles. The van der Waals surface area contributed by atoms with Crippen LogP contribution in [-0.2, 0) is 0 Å². The van der Waals surface area contributed by atoms with Gasteiger partial charge in [0.2, 0.25) is 0 Å². The summed E-state index contributed by atoms with van der Waals surface area (Å²) in [5.41, 5.74) is 12.0. The van der Waals surface area contributed by atoms with Crippen molar-refractivity contribution >= 4 is 43.6 Å². The summed E-state index contributed by atoms with van der Waals surface area (Å²) in [5.74, 6) is 0. The molecule has 7 aromatic carbocycles. The highest BCUT2D eigenvalue weighted by molar-refractivity contribution is 6.17. The number of benzene rings is 7. The van der Waals surface area contributed by atoms with Gasteiger partial charge in [0.1, 0.15) is 0 Å². The summed E-state index contributed by atoms with van der Waals surface area (Å²) < 4.78 is 4.85. The topological polar surface area (TPSA) is 9.86 Å². The van der Waals surface area contributed by atoms with E-state index >= 15 is 0 Å². The lowest BCUT2D eigenvalue weighted by Gasteiger charge is -2.16. The van der Waals surface area contributed by atoms with Crippen LogP contribution in [0.4, 0.5) is 0 Å². The zero-order valence-corrected chi connectivity index (χ0v) is 24.1. The van der Waals surface area contributed by atoms with Gasteiger partial charge in [-0.15, -0.1) is 0 Å². The molecule has 9 rings (SSSR count). The van der Waals surface area contributed by atoms with Gasteiger partial charge in [-0.1, -0.05) is 127 Å². The zero-order valence-electron chi connectivity index (χ0n) is 24.1. The van der Waals surface area contributed by atoms with Crippen molar-refractivity contribution in [3.8, 4) is 33.6 Å². The van der Waals surface area contributed by atoms with Crippen molar-refractivity contribution in [3.05, 3.63) is 170 Å². The largest absolute Gasteiger partial charge is 0.309 e. The molecule has 0 fully saturated rings. The Balaban J connectivity index is 1.37. The van der Waals surface area contributed by atoms with E-state index in [0.717, 1.165) is 0 Å². The van der Waals surface area contributed by atoms with Gasteiger partial charge in [-0.05, 0) is 59.2 Å². The fourth-order valence-corrected chi connectivity index (χ4v) is 7.04. The normalized spacial score (nSPS) is 11.6. The van der Waals surface area contributed by atoms with E-state index in [2.05, 4.69) is 179 Å². The Labute approximate surface area is 255 Å². The molecule has 0 amide bonds. The van der Waals surface area contributed by atoms with E-state index in [4.69, 9.17) is 0 Å². The third kappa shape index (κ3) is 3.68. The smallest absolute Gasteiger partial charge is 0.0547 e. The Morgan fingerprint density at radius 1 is 0.318 bits per heavy atom. The minimum Gasteiger partial charge on any atom is -0.309 e. The monoisotopic (exact) mass is 560 g/mol. The summed E-state index contributed by atoms with van der Waals surface area (Å²) in [7, 11) is 0. The number of rotatable bonds is 4. The second kappa shape index (κ2) is 9.86. The van der Waals surface area contributed by atoms with Crippen molar-refractivity contribution in [3.63, 3.8) is 0 Å². The van der Waals surface area contributed by atoms with Crippen molar-refractivity contribution in [2.45, 2.75) is 0 Å². The highest BCUT2D eigenvalue weighted by atomic mass is 15.0. The van der Waals surface area contributed by atoms with Crippen LogP contribution >= 0.6 is 0 Å². The molecular weight excluding hydrogens is 532 g/mol. The second-order valence-electron chi connectivity index (χ2n) is 11.4. The number of para-hydroxylation sites is 4. The van der Waals surface area contributed by atoms with Gasteiger partial charge in [0.25, 0.3) is 0 Å². The van der Waals surface area contributed by atoms with Gasteiger partial charge >= 0.3 is 0 Å². The van der Waals surface area contributed by atoms with Crippen LogP contribution in [0.25, 0.3) is 77.2 Å². The van der Waals surface area contributed by atoms with Crippen LogP contribution in [0.5, 0.6) is 0 Å². The van der Waals surface area contributed by atoms with Gasteiger partial charge in [0, 0.05) is 32.8 Å². The summed E-state index contributed by atoms with van der Waals surface area (Å²) in [6, 6.07) is 61.4. The van der Waals surface area contributed by atoms with E-state index in [0.29, 0.717) is 0 Å². The Kier molecular flexibility index (Phi) is 5.54. The molecule has 44 heavy (non-hydrogen) atoms. The van der Waals surface area contributed by atoms with Gasteiger partial charge in [-0.25, -0.2) is 0 Å². The summed E-state index contributed by atoms with van der Waals surface area (Å²) in [6.07, 6.45) is 0. The lowest BCUT2D eigenvalue weighted by Crippen LogP contribution is -1.98. The van der Waals surface area contributed by atoms with E-state index in [-0.39, 0.29) is 0 Å². The molecule has 0 aliphatic heterocycles. The van der Waals surface area contributed by atoms with E-state index in [9.17, 15) is 0 Å². The van der Waals surface area contributed by atoms with E-state index in [1.54, 1.807) is 0 Å². The molecule has 0 spiro atoms. The number of aromatic nitrogens is 2. The van der Waals surface area contributed by atoms with Gasteiger partial charge in [0.05, 0.1) is 27.8 Å². The summed E-state index contributed by atoms with van der Waals surface area (Å²) in [4.78, 5) is 0. The minimum absolute atomic E-state index is 1.17. The van der Waals surface area contributed by atoms with Gasteiger partial charge in [0.15, 0.2) is 0 Å². The quantitative estimate of drug-likeness (QED) is 0.203. The molecular formula is C42H28N2. The van der Waals surface area contributed by atoms with Crippen molar-refractivity contribution in [1.82, 2.24) is 9.13 Å². The first-order chi connectivity index (χ1) is 21.9. The maximum Gasteiger partial charge on any atom is 0.0547 e. The lowest BCUT2D eigenvalue weighted by atomic mass is 9.97. The van der Waals surface area contributed by atoms with Crippen LogP contribution in [0, 0.1) is 0 Å². The fourth-order valence-electron chi connectivity index (χ4n) is 7.04. The fraction of sp³-hybridized carbons (Fsp3) is 0. The van der Waals surface area contributed by atoms with Crippen LogP contribution in [0.1, 0.15) is 0 Å². The standard InChI is InChI=1S/C42H28N2/c1-3-14-29(15-4-1)30-26-27-34-32-18-7-10-22-37(32)44(41(34)28-30)38-23-11-8-19-33(38)35-21-13-25-40-42(35)36-20-9-12-24-39(36)43(40)31-16-5-2-6-17-31/h1-28H. The van der Waals surface area contributed by atoms with Crippen molar-refractivity contribution in [2.75, 3.05) is 0 Å². The first-order valence-corrected chi connectivity index (χ1v) is 15.1. The maximum absolute atomic E-state index is 2.46. The Hall–Kier alpha value is -5.86. The molecule has 0 N–H and O–H groups in total. The van der Waals surface area contributed by atoms with Crippen LogP contribution in [0.2, 0.25) is 0 Å². The van der Waals surface area contributed by atoms with Crippen molar-refractivity contribution in [1.29, 1.82) is 0 Å². The summed E-state index contributed by atoms with van der Waals surface area (Å²) in [6.45, 7) is 0. The van der Waals surface area contributed by atoms with Crippen LogP contribution in [0.3, 0.4) is 0 Å². The molecule has 2 aromatic heterocycles. The molecule has 0 saturated carbocycles. The minimum atomic E-state index is 1.17. The third-order valence-electron chi connectivity index (χ3n) is 8.93. The molecule has 9 aromatic rings. The molecule has 206 valence electrons. The Morgan fingerprint density at radius 2 is 0.909 bits per heavy atom. The van der Waals surface area contributed by atoms with Crippen LogP contribution in [0.15, 0.2) is 170 Å². The molecule has 2 nitrogen and oxygen atoms in total. The Morgan fingerprint density at radius 3 is 1.73 bits per heavy atom. The second-order valence-corrected chi connectivity index (χ2v) is 11.4. The molecule has 0 radical (unpaired) electrons. The summed E-state index contributed by atoms with van der Waals surface area (Å²) in [5, 5.41) is 5.04. The number of fused-ring (bicyclic) bond motifs is 6. The predicted octanol–water partition coefficient (Wildman–Crippen LogP) is 11.2. The van der Waals surface area contributed by atoms with Gasteiger partial charge < -0.3 is 9.13 Å². The average molecular weight is 561 g/mol. The Bertz CT molecular complexity index is 2480. The molecule has 2 heterocycles. The molecule has 0 aliphatic rings.